The first kappa shape index (κ1) is 9.04. The standard InChI is InChI=1S/C11H18O2/c1-10(2,3)8-6-7(9(12)13-8)11(6,4)5/h6-8H,1-5H3/t6-,7+,8-/m1/s1. The topological polar surface area (TPSA) is 26.3 Å². The van der Waals surface area contributed by atoms with Gasteiger partial charge in [-0.15, -0.1) is 0 Å². The molecule has 2 nitrogen and oxygen atoms in total. The van der Waals surface area contributed by atoms with E-state index in [1.54, 1.807) is 0 Å². The molecule has 2 heteroatoms. The van der Waals surface area contributed by atoms with Crippen LogP contribution >= 0.6 is 0 Å². The van der Waals surface area contributed by atoms with Crippen LogP contribution in [0.2, 0.25) is 0 Å². The summed E-state index contributed by atoms with van der Waals surface area (Å²) in [6.07, 6.45) is 0.125. The Balaban J connectivity index is 2.24. The highest BCUT2D eigenvalue weighted by atomic mass is 16.6. The zero-order valence-corrected chi connectivity index (χ0v) is 9.05. The van der Waals surface area contributed by atoms with Gasteiger partial charge in [0, 0.05) is 5.92 Å². The van der Waals surface area contributed by atoms with Gasteiger partial charge in [0.1, 0.15) is 6.10 Å². The lowest BCUT2D eigenvalue weighted by atomic mass is 9.84. The molecule has 0 bridgehead atoms. The van der Waals surface area contributed by atoms with Crippen LogP contribution in [0, 0.1) is 22.7 Å². The van der Waals surface area contributed by atoms with Crippen molar-refractivity contribution < 1.29 is 9.53 Å². The SMILES string of the molecule is CC(C)(C)[C@@H]1OC(=O)[C@@H]2[C@H]1C2(C)C. The molecule has 1 saturated heterocycles. The maximum absolute atomic E-state index is 11.5. The number of hydrogen-bond donors (Lipinski definition) is 0. The summed E-state index contributed by atoms with van der Waals surface area (Å²) in [6.45, 7) is 10.8. The van der Waals surface area contributed by atoms with Gasteiger partial charge in [-0.2, -0.15) is 0 Å². The summed E-state index contributed by atoms with van der Waals surface area (Å²) in [5, 5.41) is 0. The van der Waals surface area contributed by atoms with E-state index in [2.05, 4.69) is 34.6 Å². The van der Waals surface area contributed by atoms with Gasteiger partial charge in [0.25, 0.3) is 0 Å². The van der Waals surface area contributed by atoms with Crippen LogP contribution in [0.25, 0.3) is 0 Å². The van der Waals surface area contributed by atoms with Gasteiger partial charge in [0.15, 0.2) is 0 Å². The van der Waals surface area contributed by atoms with E-state index in [0.29, 0.717) is 5.92 Å². The van der Waals surface area contributed by atoms with Crippen molar-refractivity contribution in [1.29, 1.82) is 0 Å². The van der Waals surface area contributed by atoms with Crippen molar-refractivity contribution in [2.45, 2.75) is 40.7 Å². The third-order valence-corrected chi connectivity index (χ3v) is 3.59. The van der Waals surface area contributed by atoms with Gasteiger partial charge in [0.05, 0.1) is 5.92 Å². The minimum absolute atomic E-state index is 0.0231. The van der Waals surface area contributed by atoms with Crippen molar-refractivity contribution >= 4 is 5.97 Å². The molecule has 0 spiro atoms. The molecule has 0 amide bonds. The number of fused-ring (bicyclic) bond motifs is 1. The van der Waals surface area contributed by atoms with E-state index in [1.807, 2.05) is 0 Å². The van der Waals surface area contributed by atoms with E-state index in [9.17, 15) is 4.79 Å². The van der Waals surface area contributed by atoms with E-state index in [1.165, 1.54) is 0 Å². The predicted molar refractivity (Wildman–Crippen MR) is 50.1 cm³/mol. The highest BCUT2D eigenvalue weighted by Crippen LogP contribution is 2.67. The van der Waals surface area contributed by atoms with E-state index in [4.69, 9.17) is 4.74 Å². The van der Waals surface area contributed by atoms with Crippen LogP contribution in [-0.4, -0.2) is 12.1 Å². The van der Waals surface area contributed by atoms with Crippen molar-refractivity contribution in [2.75, 3.05) is 0 Å². The summed E-state index contributed by atoms with van der Waals surface area (Å²) < 4.78 is 5.38. The second-order valence-corrected chi connectivity index (χ2v) is 6.05. The maximum Gasteiger partial charge on any atom is 0.310 e. The average Bonchev–Trinajstić information content (AvgIpc) is 2.35. The molecule has 74 valence electrons. The smallest absolute Gasteiger partial charge is 0.310 e. The van der Waals surface area contributed by atoms with Crippen molar-refractivity contribution in [2.24, 2.45) is 22.7 Å². The lowest BCUT2D eigenvalue weighted by Gasteiger charge is -2.29. The van der Waals surface area contributed by atoms with Crippen molar-refractivity contribution in [1.82, 2.24) is 0 Å². The van der Waals surface area contributed by atoms with E-state index in [-0.39, 0.29) is 28.8 Å². The van der Waals surface area contributed by atoms with Gasteiger partial charge in [-0.1, -0.05) is 34.6 Å². The summed E-state index contributed by atoms with van der Waals surface area (Å²) in [4.78, 5) is 11.5. The largest absolute Gasteiger partial charge is 0.461 e. The van der Waals surface area contributed by atoms with Crippen LogP contribution in [0.15, 0.2) is 0 Å². The second-order valence-electron chi connectivity index (χ2n) is 6.05. The Kier molecular flexibility index (Phi) is 1.46. The lowest BCUT2D eigenvalue weighted by Crippen LogP contribution is -2.32. The van der Waals surface area contributed by atoms with Crippen molar-refractivity contribution in [3.05, 3.63) is 0 Å². The fourth-order valence-electron chi connectivity index (χ4n) is 2.68. The Bertz CT molecular complexity index is 260. The van der Waals surface area contributed by atoms with Gasteiger partial charge in [-0.25, -0.2) is 0 Å². The first-order chi connectivity index (χ1) is 5.76. The average molecular weight is 182 g/mol. The Labute approximate surface area is 79.7 Å². The molecule has 0 radical (unpaired) electrons. The van der Waals surface area contributed by atoms with Gasteiger partial charge < -0.3 is 4.74 Å². The fraction of sp³-hybridized carbons (Fsp3) is 0.909. The van der Waals surface area contributed by atoms with Crippen LogP contribution < -0.4 is 0 Å². The number of ether oxygens (including phenoxy) is 1. The summed E-state index contributed by atoms with van der Waals surface area (Å²) in [5.41, 5.74) is 0.274. The number of esters is 1. The normalized spacial score (nSPS) is 41.3. The summed E-state index contributed by atoms with van der Waals surface area (Å²) >= 11 is 0. The molecule has 1 heterocycles. The minimum atomic E-state index is 0.0231. The molecule has 2 aliphatic rings. The monoisotopic (exact) mass is 182 g/mol. The molecule has 3 atom stereocenters. The zero-order chi connectivity index (χ0) is 10.0. The molecular weight excluding hydrogens is 164 g/mol. The first-order valence-electron chi connectivity index (χ1n) is 4.97. The minimum Gasteiger partial charge on any atom is -0.461 e. The molecule has 0 aromatic heterocycles. The van der Waals surface area contributed by atoms with Crippen LogP contribution in [0.3, 0.4) is 0 Å². The fourth-order valence-corrected chi connectivity index (χ4v) is 2.68. The summed E-state index contributed by atoms with van der Waals surface area (Å²) in [6, 6.07) is 0. The maximum atomic E-state index is 11.5. The summed E-state index contributed by atoms with van der Waals surface area (Å²) in [7, 11) is 0. The third kappa shape index (κ3) is 1.04. The molecule has 2 rings (SSSR count). The third-order valence-electron chi connectivity index (χ3n) is 3.59. The highest BCUT2D eigenvalue weighted by molar-refractivity contribution is 5.81. The Morgan fingerprint density at radius 1 is 1.31 bits per heavy atom. The number of carbonyl (C=O) groups is 1. The number of carbonyl (C=O) groups excluding carboxylic acids is 1. The Hall–Kier alpha value is -0.530. The summed E-state index contributed by atoms with van der Waals surface area (Å²) in [5.74, 6) is 0.659. The number of rotatable bonds is 0. The van der Waals surface area contributed by atoms with Crippen LogP contribution in [-0.2, 0) is 9.53 Å². The van der Waals surface area contributed by atoms with E-state index < -0.39 is 0 Å². The van der Waals surface area contributed by atoms with Gasteiger partial charge >= 0.3 is 5.97 Å². The molecule has 1 aliphatic carbocycles. The molecule has 2 fully saturated rings. The molecule has 0 N–H and O–H groups in total. The quantitative estimate of drug-likeness (QED) is 0.537. The predicted octanol–water partition coefficient (Wildman–Crippen LogP) is 2.23. The van der Waals surface area contributed by atoms with Gasteiger partial charge in [0.2, 0.25) is 0 Å². The van der Waals surface area contributed by atoms with Crippen LogP contribution in [0.4, 0.5) is 0 Å². The number of cyclic esters (lactones) is 1. The second kappa shape index (κ2) is 2.10. The molecule has 1 saturated carbocycles. The van der Waals surface area contributed by atoms with Gasteiger partial charge in [-0.3, -0.25) is 4.79 Å². The molecule has 1 aliphatic heterocycles. The number of hydrogen-bond acceptors (Lipinski definition) is 2. The lowest BCUT2D eigenvalue weighted by molar-refractivity contribution is -0.152. The molecule has 0 unspecified atom stereocenters. The van der Waals surface area contributed by atoms with Crippen molar-refractivity contribution in [3.8, 4) is 0 Å². The molecular formula is C11H18O2. The van der Waals surface area contributed by atoms with Gasteiger partial charge in [-0.05, 0) is 10.8 Å². The van der Waals surface area contributed by atoms with Crippen molar-refractivity contribution in [3.63, 3.8) is 0 Å². The molecule has 0 aromatic carbocycles. The molecule has 0 aromatic rings. The highest BCUT2D eigenvalue weighted by Gasteiger charge is 2.72. The Morgan fingerprint density at radius 3 is 2.08 bits per heavy atom. The van der Waals surface area contributed by atoms with E-state index >= 15 is 0 Å². The van der Waals surface area contributed by atoms with Crippen LogP contribution in [0.5, 0.6) is 0 Å². The Morgan fingerprint density at radius 2 is 1.85 bits per heavy atom. The van der Waals surface area contributed by atoms with E-state index in [0.717, 1.165) is 0 Å². The molecule has 13 heavy (non-hydrogen) atoms. The first-order valence-corrected chi connectivity index (χ1v) is 4.97. The van der Waals surface area contributed by atoms with Crippen LogP contribution in [0.1, 0.15) is 34.6 Å². The zero-order valence-electron chi connectivity index (χ0n) is 9.05.